The molecule has 22 heteroatoms. The van der Waals surface area contributed by atoms with Crippen LogP contribution >= 0.6 is 0 Å². The van der Waals surface area contributed by atoms with Gasteiger partial charge in [0.2, 0.25) is 11.6 Å². The minimum atomic E-state index is -3.38. The van der Waals surface area contributed by atoms with Gasteiger partial charge in [-0.1, -0.05) is 0 Å². The monoisotopic (exact) mass is 787 g/mol. The van der Waals surface area contributed by atoms with Gasteiger partial charge in [0.05, 0.1) is 54.8 Å². The van der Waals surface area contributed by atoms with Gasteiger partial charge in [0.25, 0.3) is 0 Å². The molecule has 0 aromatic heterocycles. The molecule has 0 spiro atoms. The van der Waals surface area contributed by atoms with Crippen LogP contribution in [0, 0.1) is 122 Å². The molecule has 3 radical (unpaired) electrons. The van der Waals surface area contributed by atoms with Crippen LogP contribution in [0.3, 0.4) is 0 Å². The summed E-state index contributed by atoms with van der Waals surface area (Å²) < 4.78 is 310. The Morgan fingerprint density at radius 2 is 0.269 bits per heavy atom. The lowest BCUT2D eigenvalue weighted by Gasteiger charge is -2.20. The Bertz CT molecular complexity index is 2220. The van der Waals surface area contributed by atoms with Crippen LogP contribution in [0.2, 0.25) is 0 Å². The van der Waals surface area contributed by atoms with E-state index in [4.69, 9.17) is 0 Å². The van der Waals surface area contributed by atoms with Crippen molar-refractivity contribution >= 4 is 15.4 Å². The Morgan fingerprint density at radius 1 is 0.154 bits per heavy atom. The van der Waals surface area contributed by atoms with Crippen LogP contribution in [-0.2, 0) is 0 Å². The van der Waals surface area contributed by atoms with Gasteiger partial charge in [-0.25, -0.2) is 92.2 Å². The molecule has 0 nitrogen and oxygen atoms in total. The molecule has 0 amide bonds. The van der Waals surface area contributed by atoms with E-state index < -0.39 is 172 Å². The standard InChI is InChI=1S/C30F21Si/c31-9-1(4-12(34)14(36)7(15(37)13(4)35)8-20(42)28(50)30(52)29(51)21(8)43)10(32)3(6-18(40)24(46)27(49)25(47)19(6)41)11(33)2(9)5-16(38)22(44)26(48)23(45)17(5)39. The fourth-order valence-corrected chi connectivity index (χ4v) is 5.11. The second-order valence-electron chi connectivity index (χ2n) is 9.97. The summed E-state index contributed by atoms with van der Waals surface area (Å²) in [6.07, 6.45) is 0. The normalized spacial score (nSPS) is 11.7. The number of rotatable bonds is 4. The highest BCUT2D eigenvalue weighted by Crippen LogP contribution is 2.48. The summed E-state index contributed by atoms with van der Waals surface area (Å²) in [5.74, 6) is -65.9. The second-order valence-corrected chi connectivity index (χ2v) is 10.5. The van der Waals surface area contributed by atoms with Gasteiger partial charge in [-0.3, -0.25) is 0 Å². The maximum absolute atomic E-state index is 16.0. The number of hydrogen-bond donors (Lipinski definition) is 0. The van der Waals surface area contributed by atoms with E-state index in [1.807, 2.05) is 0 Å². The summed E-state index contributed by atoms with van der Waals surface area (Å²) in [6.45, 7) is 0. The van der Waals surface area contributed by atoms with Crippen LogP contribution in [0.15, 0.2) is 0 Å². The van der Waals surface area contributed by atoms with Gasteiger partial charge in [0.15, 0.2) is 93.1 Å². The summed E-state index contributed by atoms with van der Waals surface area (Å²) in [6, 6.07) is 0. The van der Waals surface area contributed by atoms with Crippen LogP contribution in [-0.4, -0.2) is 10.2 Å². The van der Waals surface area contributed by atoms with Crippen molar-refractivity contribution in [2.45, 2.75) is 0 Å². The molecule has 0 N–H and O–H groups in total. The smallest absolute Gasteiger partial charge is 0.200 e. The third-order valence-electron chi connectivity index (χ3n) is 7.26. The van der Waals surface area contributed by atoms with Crippen LogP contribution in [0.25, 0.3) is 44.5 Å². The van der Waals surface area contributed by atoms with E-state index in [1.54, 1.807) is 0 Å². The first-order chi connectivity index (χ1) is 24.0. The molecule has 0 saturated carbocycles. The van der Waals surface area contributed by atoms with Gasteiger partial charge in [-0.05, 0) is 0 Å². The average molecular weight is 787 g/mol. The highest BCUT2D eigenvalue weighted by Gasteiger charge is 2.41. The van der Waals surface area contributed by atoms with Gasteiger partial charge in [0.1, 0.15) is 17.5 Å². The lowest BCUT2D eigenvalue weighted by Crippen LogP contribution is -2.20. The number of benzene rings is 5. The van der Waals surface area contributed by atoms with Crippen LogP contribution in [0.4, 0.5) is 92.2 Å². The second kappa shape index (κ2) is 12.8. The maximum atomic E-state index is 16.0. The van der Waals surface area contributed by atoms with Crippen molar-refractivity contribution in [3.05, 3.63) is 122 Å². The third kappa shape index (κ3) is 5.04. The molecule has 5 aromatic rings. The predicted octanol–water partition coefficient (Wildman–Crippen LogP) is 10.1. The first-order valence-electron chi connectivity index (χ1n) is 12.7. The van der Waals surface area contributed by atoms with E-state index in [1.165, 1.54) is 0 Å². The van der Waals surface area contributed by atoms with Crippen molar-refractivity contribution in [3.8, 4) is 44.5 Å². The molecule has 0 atom stereocenters. The van der Waals surface area contributed by atoms with Gasteiger partial charge in [-0.2, -0.15) is 0 Å². The minimum Gasteiger partial charge on any atom is -0.205 e. The minimum absolute atomic E-state index is 1.70. The Labute approximate surface area is 274 Å². The molecule has 5 rings (SSSR count). The van der Waals surface area contributed by atoms with Gasteiger partial charge >= 0.3 is 0 Å². The van der Waals surface area contributed by atoms with Crippen molar-refractivity contribution in [1.29, 1.82) is 0 Å². The van der Waals surface area contributed by atoms with E-state index in [0.29, 0.717) is 0 Å². The van der Waals surface area contributed by atoms with Gasteiger partial charge < -0.3 is 0 Å². The molecule has 0 aliphatic heterocycles. The number of hydrogen-bond acceptors (Lipinski definition) is 0. The molecule has 271 valence electrons. The largest absolute Gasteiger partial charge is 0.205 e. The molecule has 0 fully saturated rings. The molecule has 0 unspecified atom stereocenters. The molecule has 0 bridgehead atoms. The van der Waals surface area contributed by atoms with Crippen LogP contribution < -0.4 is 5.19 Å². The van der Waals surface area contributed by atoms with E-state index in [-0.39, 0.29) is 0 Å². The van der Waals surface area contributed by atoms with E-state index >= 15 is 30.7 Å². The highest BCUT2D eigenvalue weighted by molar-refractivity contribution is 6.32. The quantitative estimate of drug-likeness (QED) is 0.0737. The highest BCUT2D eigenvalue weighted by atomic mass is 28.1. The summed E-state index contributed by atoms with van der Waals surface area (Å²) in [4.78, 5) is 0. The van der Waals surface area contributed by atoms with Crippen molar-refractivity contribution in [3.63, 3.8) is 0 Å². The zero-order chi connectivity index (χ0) is 39.3. The fourth-order valence-electron chi connectivity index (χ4n) is 4.89. The fraction of sp³-hybridized carbons (Fsp3) is 0. The first-order valence-corrected chi connectivity index (χ1v) is 13.2. The average Bonchev–Trinajstić information content (AvgIpc) is 3.11. The summed E-state index contributed by atoms with van der Waals surface area (Å²) in [7, 11) is 2.05. The molecule has 0 heterocycles. The zero-order valence-corrected chi connectivity index (χ0v) is 24.4. The van der Waals surface area contributed by atoms with Crippen molar-refractivity contribution in [1.82, 2.24) is 0 Å². The lowest BCUT2D eigenvalue weighted by atomic mass is 9.88. The summed E-state index contributed by atoms with van der Waals surface area (Å²) in [5, 5.41) is -1.70. The zero-order valence-electron chi connectivity index (χ0n) is 23.4. The Morgan fingerprint density at radius 3 is 0.462 bits per heavy atom. The first kappa shape index (κ1) is 38.1. The van der Waals surface area contributed by atoms with Crippen molar-refractivity contribution < 1.29 is 92.2 Å². The van der Waals surface area contributed by atoms with Crippen molar-refractivity contribution in [2.75, 3.05) is 0 Å². The SMILES string of the molecule is Fc1c(F)c(F)c(-c2c(F)c(-c3c(F)c(F)c(F)c(F)c3F)c(F)c(-c3c(F)c(F)c(-c4c(F)c(F)c([Si])c(F)c4F)c(F)c3F)c2F)c(F)c1F. The molecule has 52 heavy (non-hydrogen) atoms. The molecule has 0 saturated heterocycles. The Balaban J connectivity index is 2.07. The van der Waals surface area contributed by atoms with E-state index in [9.17, 15) is 61.5 Å². The lowest BCUT2D eigenvalue weighted by molar-refractivity contribution is 0.379. The molecule has 5 aromatic carbocycles. The van der Waals surface area contributed by atoms with E-state index in [0.717, 1.165) is 0 Å². The third-order valence-corrected chi connectivity index (χ3v) is 7.70. The molecule has 0 aliphatic rings. The van der Waals surface area contributed by atoms with E-state index in [2.05, 4.69) is 10.2 Å². The molecule has 0 aliphatic carbocycles. The van der Waals surface area contributed by atoms with Crippen molar-refractivity contribution in [2.24, 2.45) is 0 Å². The Kier molecular flexibility index (Phi) is 9.38. The predicted molar refractivity (Wildman–Crippen MR) is 133 cm³/mol. The van der Waals surface area contributed by atoms with Gasteiger partial charge in [0, 0.05) is 5.19 Å². The maximum Gasteiger partial charge on any atom is 0.200 e. The molecular weight excluding hydrogens is 787 g/mol. The number of halogens is 21. The topological polar surface area (TPSA) is 0 Å². The van der Waals surface area contributed by atoms with Crippen LogP contribution in [0.1, 0.15) is 0 Å². The summed E-state index contributed by atoms with van der Waals surface area (Å²) in [5.41, 5.74) is -23.4. The van der Waals surface area contributed by atoms with Crippen LogP contribution in [0.5, 0.6) is 0 Å². The van der Waals surface area contributed by atoms with Gasteiger partial charge in [-0.15, -0.1) is 0 Å². The summed E-state index contributed by atoms with van der Waals surface area (Å²) >= 11 is 0. The molecular formula is C30F21Si. The Hall–Kier alpha value is -5.15.